The summed E-state index contributed by atoms with van der Waals surface area (Å²) >= 11 is 0. The third kappa shape index (κ3) is 4.37. The summed E-state index contributed by atoms with van der Waals surface area (Å²) in [6.07, 6.45) is 6.52. The largest absolute Gasteiger partial charge is 0.369 e. The van der Waals surface area contributed by atoms with Crippen LogP contribution in [0.4, 0.5) is 0 Å². The Labute approximate surface area is 144 Å². The van der Waals surface area contributed by atoms with Crippen LogP contribution in [0, 0.1) is 5.92 Å². The van der Waals surface area contributed by atoms with Crippen LogP contribution in [-0.2, 0) is 9.59 Å². The van der Waals surface area contributed by atoms with Crippen LogP contribution in [0.15, 0.2) is 0 Å². The number of fused-ring (bicyclic) bond motifs is 2. The first-order valence-corrected chi connectivity index (χ1v) is 8.56. The van der Waals surface area contributed by atoms with E-state index in [9.17, 15) is 9.59 Å². The Morgan fingerprint density at radius 3 is 2.48 bits per heavy atom. The van der Waals surface area contributed by atoms with Crippen molar-refractivity contribution in [2.45, 2.75) is 56.7 Å². The molecule has 6 nitrogen and oxygen atoms in total. The minimum atomic E-state index is -0.277. The summed E-state index contributed by atoms with van der Waals surface area (Å²) < 4.78 is 0. The van der Waals surface area contributed by atoms with E-state index in [2.05, 4.69) is 17.3 Å². The van der Waals surface area contributed by atoms with E-state index < -0.39 is 0 Å². The smallest absolute Gasteiger partial charge is 0.236 e. The number of rotatable bonds is 4. The van der Waals surface area contributed by atoms with Gasteiger partial charge in [0, 0.05) is 31.2 Å². The second-order valence-electron chi connectivity index (χ2n) is 7.26. The number of piperidine rings is 2. The minimum Gasteiger partial charge on any atom is -0.369 e. The number of hydrogen-bond acceptors (Lipinski definition) is 4. The molecule has 3 fully saturated rings. The molecular weight excluding hydrogens is 316 g/mol. The van der Waals surface area contributed by atoms with Gasteiger partial charge in [-0.2, -0.15) is 0 Å². The Kier molecular flexibility index (Phi) is 6.28. The maximum Gasteiger partial charge on any atom is 0.236 e. The van der Waals surface area contributed by atoms with Gasteiger partial charge < -0.3 is 16.0 Å². The molecule has 3 aliphatic heterocycles. The number of nitrogens with zero attached hydrogens (tertiary/aromatic N) is 2. The van der Waals surface area contributed by atoms with Crippen LogP contribution in [-0.4, -0.2) is 66.4 Å². The van der Waals surface area contributed by atoms with Gasteiger partial charge in [0.15, 0.2) is 0 Å². The lowest BCUT2D eigenvalue weighted by atomic mass is 9.97. The fourth-order valence-corrected chi connectivity index (χ4v) is 4.27. The third-order valence-electron chi connectivity index (χ3n) is 5.63. The van der Waals surface area contributed by atoms with Crippen molar-refractivity contribution in [3.8, 4) is 0 Å². The standard InChI is InChI=1S/C16H28N4O2.ClH/c1-19(14-7-12-4-5-13(8-14)18-12)10-15(21)20-6-2-3-11(9-20)16(17)22;/h11-14,18H,2-10H2,1H3,(H2,17,22);1H. The van der Waals surface area contributed by atoms with Crippen molar-refractivity contribution in [3.63, 3.8) is 0 Å². The second-order valence-corrected chi connectivity index (χ2v) is 7.26. The molecule has 0 spiro atoms. The maximum atomic E-state index is 12.5. The predicted molar refractivity (Wildman–Crippen MR) is 91.3 cm³/mol. The Hall–Kier alpha value is -0.850. The number of nitrogens with two attached hydrogens (primary N) is 1. The molecule has 3 N–H and O–H groups in total. The summed E-state index contributed by atoms with van der Waals surface area (Å²) in [7, 11) is 2.06. The number of amides is 2. The Balaban J connectivity index is 0.00000192. The summed E-state index contributed by atoms with van der Waals surface area (Å²) in [6, 6.07) is 1.77. The summed E-state index contributed by atoms with van der Waals surface area (Å²) in [5.74, 6) is -0.308. The average Bonchev–Trinajstić information content (AvgIpc) is 2.85. The lowest BCUT2D eigenvalue weighted by molar-refractivity contribution is -0.136. The molecule has 0 aromatic heterocycles. The average molecular weight is 345 g/mol. The minimum absolute atomic E-state index is 0. The molecule has 0 radical (unpaired) electrons. The Bertz CT molecular complexity index is 436. The molecule has 23 heavy (non-hydrogen) atoms. The highest BCUT2D eigenvalue weighted by Crippen LogP contribution is 2.29. The van der Waals surface area contributed by atoms with E-state index in [0.717, 1.165) is 32.2 Å². The van der Waals surface area contributed by atoms with Gasteiger partial charge in [0.25, 0.3) is 0 Å². The molecular formula is C16H29ClN4O2. The molecule has 3 rings (SSSR count). The van der Waals surface area contributed by atoms with Gasteiger partial charge in [0.2, 0.25) is 11.8 Å². The van der Waals surface area contributed by atoms with Crippen molar-refractivity contribution < 1.29 is 9.59 Å². The van der Waals surface area contributed by atoms with Gasteiger partial charge in [-0.1, -0.05) is 0 Å². The monoisotopic (exact) mass is 344 g/mol. The zero-order chi connectivity index (χ0) is 15.7. The fourth-order valence-electron chi connectivity index (χ4n) is 4.27. The van der Waals surface area contributed by atoms with Crippen LogP contribution < -0.4 is 11.1 Å². The number of nitrogens with one attached hydrogen (secondary N) is 1. The molecule has 3 saturated heterocycles. The third-order valence-corrected chi connectivity index (χ3v) is 5.63. The van der Waals surface area contributed by atoms with Gasteiger partial charge in [0.1, 0.15) is 0 Å². The van der Waals surface area contributed by atoms with E-state index in [4.69, 9.17) is 5.73 Å². The normalized spacial score (nSPS) is 33.4. The van der Waals surface area contributed by atoms with E-state index in [1.54, 1.807) is 0 Å². The molecule has 7 heteroatoms. The van der Waals surface area contributed by atoms with Crippen molar-refractivity contribution in [2.24, 2.45) is 11.7 Å². The second kappa shape index (κ2) is 7.81. The lowest BCUT2D eigenvalue weighted by Gasteiger charge is -2.37. The first-order chi connectivity index (χ1) is 10.5. The number of primary amides is 1. The van der Waals surface area contributed by atoms with E-state index >= 15 is 0 Å². The molecule has 0 aromatic rings. The van der Waals surface area contributed by atoms with Crippen LogP contribution in [0.1, 0.15) is 38.5 Å². The van der Waals surface area contributed by atoms with Crippen molar-refractivity contribution in [1.82, 2.24) is 15.1 Å². The molecule has 3 heterocycles. The van der Waals surface area contributed by atoms with E-state index in [1.165, 1.54) is 12.8 Å². The zero-order valence-corrected chi connectivity index (χ0v) is 14.7. The summed E-state index contributed by atoms with van der Waals surface area (Å²) in [5, 5.41) is 3.64. The Morgan fingerprint density at radius 2 is 1.87 bits per heavy atom. The SMILES string of the molecule is CN(CC(=O)N1CCCC(C(N)=O)C1)C1CC2CCC(C1)N2.Cl. The number of hydrogen-bond donors (Lipinski definition) is 2. The van der Waals surface area contributed by atoms with Crippen LogP contribution in [0.5, 0.6) is 0 Å². The molecule has 2 amide bonds. The van der Waals surface area contributed by atoms with Gasteiger partial charge >= 0.3 is 0 Å². The van der Waals surface area contributed by atoms with Crippen molar-refractivity contribution in [2.75, 3.05) is 26.7 Å². The molecule has 3 unspecified atom stereocenters. The van der Waals surface area contributed by atoms with Crippen molar-refractivity contribution in [1.29, 1.82) is 0 Å². The highest BCUT2D eigenvalue weighted by atomic mass is 35.5. The quantitative estimate of drug-likeness (QED) is 0.771. The predicted octanol–water partition coefficient (Wildman–Crippen LogP) is 0.347. The van der Waals surface area contributed by atoms with Crippen molar-refractivity contribution in [3.05, 3.63) is 0 Å². The molecule has 0 aliphatic carbocycles. The van der Waals surface area contributed by atoms with Crippen LogP contribution in [0.3, 0.4) is 0 Å². The summed E-state index contributed by atoms with van der Waals surface area (Å²) in [4.78, 5) is 27.9. The van der Waals surface area contributed by atoms with E-state index in [-0.39, 0.29) is 30.1 Å². The fraction of sp³-hybridized carbons (Fsp3) is 0.875. The summed E-state index contributed by atoms with van der Waals surface area (Å²) in [6.45, 7) is 1.71. The van der Waals surface area contributed by atoms with Crippen LogP contribution >= 0.6 is 12.4 Å². The van der Waals surface area contributed by atoms with Gasteiger partial charge in [-0.25, -0.2) is 0 Å². The van der Waals surface area contributed by atoms with Crippen molar-refractivity contribution >= 4 is 24.2 Å². The lowest BCUT2D eigenvalue weighted by Crippen LogP contribution is -2.51. The highest BCUT2D eigenvalue weighted by Gasteiger charge is 2.36. The van der Waals surface area contributed by atoms with E-state index in [1.807, 2.05) is 4.90 Å². The van der Waals surface area contributed by atoms with Gasteiger partial charge in [-0.05, 0) is 45.6 Å². The molecule has 3 aliphatic rings. The topological polar surface area (TPSA) is 78.7 Å². The first-order valence-electron chi connectivity index (χ1n) is 8.56. The van der Waals surface area contributed by atoms with Crippen LogP contribution in [0.2, 0.25) is 0 Å². The summed E-state index contributed by atoms with van der Waals surface area (Å²) in [5.41, 5.74) is 5.39. The number of halogens is 1. The highest BCUT2D eigenvalue weighted by molar-refractivity contribution is 5.85. The molecule has 132 valence electrons. The Morgan fingerprint density at radius 1 is 1.22 bits per heavy atom. The molecule has 0 saturated carbocycles. The molecule has 2 bridgehead atoms. The maximum absolute atomic E-state index is 12.5. The molecule has 0 aromatic carbocycles. The van der Waals surface area contributed by atoms with Crippen LogP contribution in [0.25, 0.3) is 0 Å². The van der Waals surface area contributed by atoms with Gasteiger partial charge in [-0.3, -0.25) is 14.5 Å². The number of likely N-dealkylation sites (tertiary alicyclic amines) is 1. The van der Waals surface area contributed by atoms with Gasteiger partial charge in [-0.15, -0.1) is 12.4 Å². The van der Waals surface area contributed by atoms with Gasteiger partial charge in [0.05, 0.1) is 12.5 Å². The first kappa shape index (κ1) is 18.5. The molecule has 3 atom stereocenters. The number of carbonyl (C=O) groups excluding carboxylic acids is 2. The van der Waals surface area contributed by atoms with E-state index in [0.29, 0.717) is 31.2 Å². The number of carbonyl (C=O) groups is 2. The number of likely N-dealkylation sites (N-methyl/N-ethyl adjacent to an activating group) is 1. The zero-order valence-electron chi connectivity index (χ0n) is 13.9.